The van der Waals surface area contributed by atoms with E-state index < -0.39 is 0 Å². The van der Waals surface area contributed by atoms with Crippen LogP contribution in [0.25, 0.3) is 0 Å². The summed E-state index contributed by atoms with van der Waals surface area (Å²) in [5.74, 6) is -0.169. The van der Waals surface area contributed by atoms with Crippen LogP contribution in [0.2, 0.25) is 0 Å². The molecule has 1 saturated heterocycles. The number of nitrogens with one attached hydrogen (secondary N) is 1. The number of nitrogens with zero attached hydrogens (tertiary/aromatic N) is 1. The predicted molar refractivity (Wildman–Crippen MR) is 88.9 cm³/mol. The second kappa shape index (κ2) is 6.95. The lowest BCUT2D eigenvalue weighted by Gasteiger charge is -2.17. The SMILES string of the molecule is CCCCN1C[C@H](C(=O)Nc2c(C)cc(C)cc2C)CC1=O. The molecule has 1 aromatic carbocycles. The van der Waals surface area contributed by atoms with Crippen LogP contribution in [0.4, 0.5) is 5.69 Å². The first kappa shape index (κ1) is 16.5. The van der Waals surface area contributed by atoms with Crippen molar-refractivity contribution in [1.29, 1.82) is 0 Å². The van der Waals surface area contributed by atoms with Crippen LogP contribution in [-0.2, 0) is 9.59 Å². The van der Waals surface area contributed by atoms with Crippen molar-refractivity contribution in [3.8, 4) is 0 Å². The van der Waals surface area contributed by atoms with Crippen LogP contribution in [0.15, 0.2) is 12.1 Å². The second-order valence-corrected chi connectivity index (χ2v) is 6.36. The van der Waals surface area contributed by atoms with E-state index >= 15 is 0 Å². The fourth-order valence-electron chi connectivity index (χ4n) is 3.12. The summed E-state index contributed by atoms with van der Waals surface area (Å²) < 4.78 is 0. The van der Waals surface area contributed by atoms with E-state index in [0.29, 0.717) is 13.0 Å². The number of rotatable bonds is 5. The summed E-state index contributed by atoms with van der Waals surface area (Å²) in [5.41, 5.74) is 4.21. The van der Waals surface area contributed by atoms with Crippen LogP contribution >= 0.6 is 0 Å². The number of carbonyl (C=O) groups excluding carboxylic acids is 2. The van der Waals surface area contributed by atoms with Crippen molar-refractivity contribution >= 4 is 17.5 Å². The molecular weight excluding hydrogens is 276 g/mol. The van der Waals surface area contributed by atoms with E-state index in [2.05, 4.69) is 24.4 Å². The van der Waals surface area contributed by atoms with Crippen molar-refractivity contribution < 1.29 is 9.59 Å². The van der Waals surface area contributed by atoms with Crippen LogP contribution in [0.5, 0.6) is 0 Å². The van der Waals surface area contributed by atoms with E-state index in [4.69, 9.17) is 0 Å². The first-order valence-electron chi connectivity index (χ1n) is 8.08. The Morgan fingerprint density at radius 3 is 2.50 bits per heavy atom. The number of anilines is 1. The van der Waals surface area contributed by atoms with Gasteiger partial charge in [-0.2, -0.15) is 0 Å². The summed E-state index contributed by atoms with van der Waals surface area (Å²) in [6.45, 7) is 9.47. The maximum atomic E-state index is 12.5. The summed E-state index contributed by atoms with van der Waals surface area (Å²) >= 11 is 0. The lowest BCUT2D eigenvalue weighted by molar-refractivity contribution is -0.128. The van der Waals surface area contributed by atoms with Crippen molar-refractivity contribution in [2.75, 3.05) is 18.4 Å². The highest BCUT2D eigenvalue weighted by Gasteiger charge is 2.34. The Labute approximate surface area is 132 Å². The highest BCUT2D eigenvalue weighted by atomic mass is 16.2. The van der Waals surface area contributed by atoms with Gasteiger partial charge in [0.25, 0.3) is 0 Å². The second-order valence-electron chi connectivity index (χ2n) is 6.36. The Kier molecular flexibility index (Phi) is 5.22. The van der Waals surface area contributed by atoms with Gasteiger partial charge in [0, 0.05) is 25.2 Å². The Bertz CT molecular complexity index is 557. The van der Waals surface area contributed by atoms with Gasteiger partial charge in [0.2, 0.25) is 11.8 Å². The molecule has 1 aliphatic heterocycles. The van der Waals surface area contributed by atoms with Crippen molar-refractivity contribution in [3.63, 3.8) is 0 Å². The summed E-state index contributed by atoms with van der Waals surface area (Å²) in [4.78, 5) is 26.3. The molecule has 0 radical (unpaired) electrons. The Balaban J connectivity index is 2.03. The molecule has 0 unspecified atom stereocenters. The molecule has 1 N–H and O–H groups in total. The molecule has 4 heteroatoms. The largest absolute Gasteiger partial charge is 0.342 e. The van der Waals surface area contributed by atoms with Gasteiger partial charge in [-0.25, -0.2) is 0 Å². The monoisotopic (exact) mass is 302 g/mol. The third kappa shape index (κ3) is 3.67. The quantitative estimate of drug-likeness (QED) is 0.908. The molecule has 0 spiro atoms. The lowest BCUT2D eigenvalue weighted by atomic mass is 10.0. The molecule has 120 valence electrons. The van der Waals surface area contributed by atoms with E-state index in [-0.39, 0.29) is 17.7 Å². The molecule has 1 aromatic rings. The van der Waals surface area contributed by atoms with E-state index in [1.807, 2.05) is 25.7 Å². The number of hydrogen-bond donors (Lipinski definition) is 1. The maximum absolute atomic E-state index is 12.5. The van der Waals surface area contributed by atoms with E-state index in [0.717, 1.165) is 36.2 Å². The third-order valence-electron chi connectivity index (χ3n) is 4.29. The van der Waals surface area contributed by atoms with Gasteiger partial charge >= 0.3 is 0 Å². The van der Waals surface area contributed by atoms with Gasteiger partial charge in [-0.3, -0.25) is 9.59 Å². The van der Waals surface area contributed by atoms with Gasteiger partial charge < -0.3 is 10.2 Å². The molecular formula is C18H26N2O2. The Morgan fingerprint density at radius 2 is 1.91 bits per heavy atom. The molecule has 1 atom stereocenters. The minimum Gasteiger partial charge on any atom is -0.342 e. The van der Waals surface area contributed by atoms with Crippen molar-refractivity contribution in [2.24, 2.45) is 5.92 Å². The zero-order chi connectivity index (χ0) is 16.3. The van der Waals surface area contributed by atoms with Crippen LogP contribution in [0.1, 0.15) is 42.9 Å². The number of carbonyl (C=O) groups is 2. The fourth-order valence-corrected chi connectivity index (χ4v) is 3.12. The summed E-state index contributed by atoms with van der Waals surface area (Å²) in [6.07, 6.45) is 2.39. The minimum atomic E-state index is -0.232. The molecule has 0 aromatic heterocycles. The molecule has 0 bridgehead atoms. The van der Waals surface area contributed by atoms with Gasteiger partial charge in [-0.15, -0.1) is 0 Å². The number of benzene rings is 1. The molecule has 2 amide bonds. The van der Waals surface area contributed by atoms with Gasteiger partial charge in [-0.1, -0.05) is 31.0 Å². The molecule has 4 nitrogen and oxygen atoms in total. The number of amides is 2. The molecule has 2 rings (SSSR count). The Morgan fingerprint density at radius 1 is 1.27 bits per heavy atom. The van der Waals surface area contributed by atoms with Crippen molar-refractivity contribution in [3.05, 3.63) is 28.8 Å². The first-order valence-corrected chi connectivity index (χ1v) is 8.08. The molecule has 1 aliphatic rings. The van der Waals surface area contributed by atoms with Crippen molar-refractivity contribution in [2.45, 2.75) is 47.0 Å². The number of hydrogen-bond acceptors (Lipinski definition) is 2. The average Bonchev–Trinajstić information content (AvgIpc) is 2.81. The maximum Gasteiger partial charge on any atom is 0.229 e. The molecule has 22 heavy (non-hydrogen) atoms. The van der Waals surface area contributed by atoms with Gasteiger partial charge in [0.15, 0.2) is 0 Å². The van der Waals surface area contributed by atoms with Gasteiger partial charge in [0.05, 0.1) is 5.92 Å². The first-order chi connectivity index (χ1) is 10.4. The smallest absolute Gasteiger partial charge is 0.229 e. The zero-order valence-electron chi connectivity index (χ0n) is 14.0. The van der Waals surface area contributed by atoms with Crippen LogP contribution in [-0.4, -0.2) is 29.8 Å². The van der Waals surface area contributed by atoms with Crippen LogP contribution in [0, 0.1) is 26.7 Å². The minimum absolute atomic E-state index is 0.0394. The highest BCUT2D eigenvalue weighted by molar-refractivity contribution is 5.98. The van der Waals surface area contributed by atoms with E-state index in [1.54, 1.807) is 0 Å². The van der Waals surface area contributed by atoms with Crippen molar-refractivity contribution in [1.82, 2.24) is 4.90 Å². The average molecular weight is 302 g/mol. The summed E-state index contributed by atoms with van der Waals surface area (Å²) in [6, 6.07) is 4.13. The molecule has 1 fully saturated rings. The van der Waals surface area contributed by atoms with E-state index in [1.165, 1.54) is 5.56 Å². The molecule has 0 saturated carbocycles. The number of likely N-dealkylation sites (tertiary alicyclic amines) is 1. The van der Waals surface area contributed by atoms with Gasteiger partial charge in [0.1, 0.15) is 0 Å². The number of unbranched alkanes of at least 4 members (excludes halogenated alkanes) is 1. The Hall–Kier alpha value is -1.84. The standard InChI is InChI=1S/C18H26N2O2/c1-5-6-7-20-11-15(10-16(20)21)18(22)19-17-13(3)8-12(2)9-14(17)4/h8-9,15H,5-7,10-11H2,1-4H3,(H,19,22)/t15-/m1/s1. The van der Waals surface area contributed by atoms with E-state index in [9.17, 15) is 9.59 Å². The predicted octanol–water partition coefficient (Wildman–Crippen LogP) is 3.20. The zero-order valence-corrected chi connectivity index (χ0v) is 14.0. The normalized spacial score (nSPS) is 17.9. The fraction of sp³-hybridized carbons (Fsp3) is 0.556. The summed E-state index contributed by atoms with van der Waals surface area (Å²) in [7, 11) is 0. The van der Waals surface area contributed by atoms with Crippen LogP contribution in [0.3, 0.4) is 0 Å². The van der Waals surface area contributed by atoms with Gasteiger partial charge in [-0.05, 0) is 38.3 Å². The lowest BCUT2D eigenvalue weighted by Crippen LogP contribution is -2.29. The number of aryl methyl sites for hydroxylation is 3. The molecule has 1 heterocycles. The summed E-state index contributed by atoms with van der Waals surface area (Å²) in [5, 5.41) is 3.03. The third-order valence-corrected chi connectivity index (χ3v) is 4.29. The molecule has 0 aliphatic carbocycles. The topological polar surface area (TPSA) is 49.4 Å². The van der Waals surface area contributed by atoms with Crippen LogP contribution < -0.4 is 5.32 Å². The highest BCUT2D eigenvalue weighted by Crippen LogP contribution is 2.25.